The van der Waals surface area contributed by atoms with E-state index in [0.717, 1.165) is 22.5 Å². The first kappa shape index (κ1) is 19.4. The Bertz CT molecular complexity index is 886. The minimum absolute atomic E-state index is 0.0513. The van der Waals surface area contributed by atoms with Crippen LogP contribution in [-0.4, -0.2) is 18.4 Å². The molecule has 2 aromatic carbocycles. The molecular formula is C22H25ClN2O2. The van der Waals surface area contributed by atoms with E-state index in [1.54, 1.807) is 17.0 Å². The minimum atomic E-state index is -0.385. The predicted molar refractivity (Wildman–Crippen MR) is 110 cm³/mol. The fraction of sp³-hybridized carbons (Fsp3) is 0.364. The van der Waals surface area contributed by atoms with Crippen LogP contribution >= 0.6 is 11.6 Å². The maximum absolute atomic E-state index is 12.9. The Hall–Kier alpha value is -2.33. The van der Waals surface area contributed by atoms with Gasteiger partial charge in [-0.05, 0) is 41.7 Å². The highest BCUT2D eigenvalue weighted by atomic mass is 35.5. The van der Waals surface area contributed by atoms with Gasteiger partial charge in [-0.25, -0.2) is 0 Å². The Kier molecular flexibility index (Phi) is 5.29. The van der Waals surface area contributed by atoms with Gasteiger partial charge in [-0.15, -0.1) is 0 Å². The first-order valence-electron chi connectivity index (χ1n) is 9.13. The fourth-order valence-corrected chi connectivity index (χ4v) is 3.64. The first-order valence-corrected chi connectivity index (χ1v) is 9.51. The van der Waals surface area contributed by atoms with Crippen molar-refractivity contribution in [3.63, 3.8) is 0 Å². The van der Waals surface area contributed by atoms with Crippen molar-refractivity contribution in [1.82, 2.24) is 0 Å². The largest absolute Gasteiger partial charge is 0.326 e. The molecule has 3 rings (SSSR count). The lowest BCUT2D eigenvalue weighted by atomic mass is 9.85. The molecule has 1 fully saturated rings. The van der Waals surface area contributed by atoms with Crippen molar-refractivity contribution in [2.45, 2.75) is 39.5 Å². The molecule has 4 nitrogen and oxygen atoms in total. The summed E-state index contributed by atoms with van der Waals surface area (Å²) >= 11 is 6.09. The molecule has 1 saturated heterocycles. The van der Waals surface area contributed by atoms with E-state index in [0.29, 0.717) is 11.6 Å². The lowest BCUT2D eigenvalue weighted by molar-refractivity contribution is -0.122. The Balaban J connectivity index is 1.78. The van der Waals surface area contributed by atoms with Gasteiger partial charge in [0, 0.05) is 29.4 Å². The summed E-state index contributed by atoms with van der Waals surface area (Å²) in [4.78, 5) is 27.1. The van der Waals surface area contributed by atoms with Crippen LogP contribution in [0.25, 0.3) is 0 Å². The second-order valence-electron chi connectivity index (χ2n) is 8.12. The smallest absolute Gasteiger partial charge is 0.229 e. The normalized spacial score (nSPS) is 17.3. The number of nitrogens with zero attached hydrogens (tertiary/aromatic N) is 1. The molecular weight excluding hydrogens is 360 g/mol. The Morgan fingerprint density at radius 2 is 1.89 bits per heavy atom. The summed E-state index contributed by atoms with van der Waals surface area (Å²) in [6.45, 7) is 8.64. The number of benzene rings is 2. The van der Waals surface area contributed by atoms with Crippen molar-refractivity contribution < 1.29 is 9.59 Å². The number of para-hydroxylation sites is 1. The van der Waals surface area contributed by atoms with Gasteiger partial charge in [-0.1, -0.05) is 56.6 Å². The Morgan fingerprint density at radius 1 is 1.19 bits per heavy atom. The van der Waals surface area contributed by atoms with E-state index >= 15 is 0 Å². The van der Waals surface area contributed by atoms with Crippen LogP contribution in [0.4, 0.5) is 11.4 Å². The number of aryl methyl sites for hydroxylation is 1. The van der Waals surface area contributed by atoms with Crippen molar-refractivity contribution in [2.24, 2.45) is 5.92 Å². The number of carbonyl (C=O) groups excluding carboxylic acids is 2. The molecule has 0 spiro atoms. The third-order valence-electron chi connectivity index (χ3n) is 4.95. The monoisotopic (exact) mass is 384 g/mol. The average molecular weight is 385 g/mol. The number of carbonyl (C=O) groups is 2. The maximum atomic E-state index is 12.9. The number of halogens is 1. The highest BCUT2D eigenvalue weighted by molar-refractivity contribution is 6.31. The van der Waals surface area contributed by atoms with Crippen LogP contribution in [0.5, 0.6) is 0 Å². The van der Waals surface area contributed by atoms with Crippen LogP contribution in [-0.2, 0) is 15.0 Å². The average Bonchev–Trinajstić information content (AvgIpc) is 2.98. The minimum Gasteiger partial charge on any atom is -0.326 e. The number of hydrogen-bond acceptors (Lipinski definition) is 2. The van der Waals surface area contributed by atoms with E-state index in [1.165, 1.54) is 0 Å². The van der Waals surface area contributed by atoms with Crippen molar-refractivity contribution in [1.29, 1.82) is 0 Å². The lowest BCUT2D eigenvalue weighted by Gasteiger charge is -2.24. The summed E-state index contributed by atoms with van der Waals surface area (Å²) in [5.41, 5.74) is 3.54. The topological polar surface area (TPSA) is 49.4 Å². The zero-order valence-corrected chi connectivity index (χ0v) is 16.9. The molecule has 142 valence electrons. The molecule has 1 aliphatic heterocycles. The first-order chi connectivity index (χ1) is 12.7. The van der Waals surface area contributed by atoms with Gasteiger partial charge in [0.05, 0.1) is 5.92 Å². The number of nitrogens with one attached hydrogen (secondary N) is 1. The van der Waals surface area contributed by atoms with Crippen molar-refractivity contribution in [2.75, 3.05) is 16.8 Å². The lowest BCUT2D eigenvalue weighted by Crippen LogP contribution is -2.29. The summed E-state index contributed by atoms with van der Waals surface area (Å²) in [7, 11) is 0. The third kappa shape index (κ3) is 4.16. The molecule has 1 heterocycles. The molecule has 1 N–H and O–H groups in total. The highest BCUT2D eigenvalue weighted by Crippen LogP contribution is 2.32. The van der Waals surface area contributed by atoms with Gasteiger partial charge in [0.25, 0.3) is 0 Å². The second-order valence-corrected chi connectivity index (χ2v) is 8.56. The molecule has 0 aromatic heterocycles. The Morgan fingerprint density at radius 3 is 2.59 bits per heavy atom. The standard InChI is InChI=1S/C22H25ClN2O2/c1-14-9-10-16(23)12-19(14)25-13-15(11-20(25)26)21(27)24-18-8-6-5-7-17(18)22(2,3)4/h5-10,12,15H,11,13H2,1-4H3,(H,24,27). The third-order valence-corrected chi connectivity index (χ3v) is 5.19. The quantitative estimate of drug-likeness (QED) is 0.814. The van der Waals surface area contributed by atoms with E-state index < -0.39 is 0 Å². The van der Waals surface area contributed by atoms with Gasteiger partial charge < -0.3 is 10.2 Å². The molecule has 27 heavy (non-hydrogen) atoms. The van der Waals surface area contributed by atoms with Crippen LogP contribution in [0.1, 0.15) is 38.3 Å². The summed E-state index contributed by atoms with van der Waals surface area (Å²) in [5, 5.41) is 3.61. The Labute approximate surface area is 165 Å². The second kappa shape index (κ2) is 7.35. The molecule has 2 aromatic rings. The van der Waals surface area contributed by atoms with E-state index in [9.17, 15) is 9.59 Å². The van der Waals surface area contributed by atoms with Crippen LogP contribution in [0, 0.1) is 12.8 Å². The van der Waals surface area contributed by atoms with E-state index in [4.69, 9.17) is 11.6 Å². The molecule has 1 atom stereocenters. The van der Waals surface area contributed by atoms with E-state index in [1.807, 2.05) is 37.3 Å². The van der Waals surface area contributed by atoms with Crippen LogP contribution in [0.15, 0.2) is 42.5 Å². The van der Waals surface area contributed by atoms with Gasteiger partial charge in [-0.3, -0.25) is 9.59 Å². The molecule has 0 bridgehead atoms. The molecule has 0 saturated carbocycles. The zero-order valence-electron chi connectivity index (χ0n) is 16.2. The summed E-state index contributed by atoms with van der Waals surface area (Å²) in [6.07, 6.45) is 0.204. The summed E-state index contributed by atoms with van der Waals surface area (Å²) in [6, 6.07) is 13.3. The molecule has 1 aliphatic rings. The molecule has 5 heteroatoms. The zero-order chi connectivity index (χ0) is 19.8. The van der Waals surface area contributed by atoms with Gasteiger partial charge >= 0.3 is 0 Å². The number of rotatable bonds is 3. The fourth-order valence-electron chi connectivity index (χ4n) is 3.47. The summed E-state index contributed by atoms with van der Waals surface area (Å²) < 4.78 is 0. The van der Waals surface area contributed by atoms with Crippen molar-refractivity contribution in [3.05, 3.63) is 58.6 Å². The molecule has 2 amide bonds. The number of anilines is 2. The van der Waals surface area contributed by atoms with Crippen LogP contribution in [0.3, 0.4) is 0 Å². The van der Waals surface area contributed by atoms with Crippen LogP contribution < -0.4 is 10.2 Å². The summed E-state index contributed by atoms with van der Waals surface area (Å²) in [5.74, 6) is -0.559. The predicted octanol–water partition coefficient (Wildman–Crippen LogP) is 4.94. The highest BCUT2D eigenvalue weighted by Gasteiger charge is 2.36. The van der Waals surface area contributed by atoms with Gasteiger partial charge in [0.15, 0.2) is 0 Å². The molecule has 0 radical (unpaired) electrons. The van der Waals surface area contributed by atoms with Crippen LogP contribution in [0.2, 0.25) is 5.02 Å². The SMILES string of the molecule is Cc1ccc(Cl)cc1N1CC(C(=O)Nc2ccccc2C(C)(C)C)CC1=O. The van der Waals surface area contributed by atoms with E-state index in [2.05, 4.69) is 26.1 Å². The van der Waals surface area contributed by atoms with Gasteiger partial charge in [-0.2, -0.15) is 0 Å². The van der Waals surface area contributed by atoms with Gasteiger partial charge in [0.2, 0.25) is 11.8 Å². The molecule has 1 unspecified atom stereocenters. The number of amides is 2. The molecule has 0 aliphatic carbocycles. The van der Waals surface area contributed by atoms with Crippen molar-refractivity contribution >= 4 is 34.8 Å². The van der Waals surface area contributed by atoms with Crippen molar-refractivity contribution in [3.8, 4) is 0 Å². The maximum Gasteiger partial charge on any atom is 0.229 e. The van der Waals surface area contributed by atoms with E-state index in [-0.39, 0.29) is 29.6 Å². The number of hydrogen-bond donors (Lipinski definition) is 1. The van der Waals surface area contributed by atoms with Gasteiger partial charge in [0.1, 0.15) is 0 Å².